The molecule has 1 aromatic heterocycles. The molecule has 0 bridgehead atoms. The first kappa shape index (κ1) is 8.81. The molecule has 70 valence electrons. The van der Waals surface area contributed by atoms with Crippen molar-refractivity contribution in [1.29, 1.82) is 0 Å². The van der Waals surface area contributed by atoms with E-state index in [0.29, 0.717) is 6.42 Å². The topological polar surface area (TPSA) is 42.9 Å². The minimum Gasteiger partial charge on any atom is -0.303 e. The Bertz CT molecular complexity index is 480. The minimum absolute atomic E-state index is 0.330. The molecule has 0 N–H and O–H groups in total. The summed E-state index contributed by atoms with van der Waals surface area (Å²) in [5, 5.41) is 9.02. The zero-order chi connectivity index (χ0) is 9.97. The zero-order valence-electron chi connectivity index (χ0n) is 7.90. The average Bonchev–Trinajstić information content (AvgIpc) is 2.17. The van der Waals surface area contributed by atoms with Crippen molar-refractivity contribution < 1.29 is 4.79 Å². The summed E-state index contributed by atoms with van der Waals surface area (Å²) in [5.41, 5.74) is 2.77. The molecule has 0 spiro atoms. The molecule has 3 heteroatoms. The van der Waals surface area contributed by atoms with Crippen molar-refractivity contribution in [3.05, 3.63) is 35.5 Å². The first-order valence-electron chi connectivity index (χ1n) is 4.46. The van der Waals surface area contributed by atoms with Gasteiger partial charge in [0, 0.05) is 11.8 Å². The SMILES string of the molecule is Cc1ccc2nnc(CC=O)cc2c1. The molecule has 1 aromatic carbocycles. The largest absolute Gasteiger partial charge is 0.303 e. The van der Waals surface area contributed by atoms with Crippen LogP contribution in [0.25, 0.3) is 10.9 Å². The molecule has 2 aromatic rings. The molecule has 0 aliphatic heterocycles. The molecule has 0 atom stereocenters. The lowest BCUT2D eigenvalue weighted by Crippen LogP contribution is -1.94. The van der Waals surface area contributed by atoms with Crippen LogP contribution in [-0.2, 0) is 11.2 Å². The van der Waals surface area contributed by atoms with Crippen LogP contribution in [0.2, 0.25) is 0 Å². The van der Waals surface area contributed by atoms with Crippen LogP contribution in [0.3, 0.4) is 0 Å². The molecular weight excluding hydrogens is 176 g/mol. The van der Waals surface area contributed by atoms with Crippen LogP contribution >= 0.6 is 0 Å². The number of fused-ring (bicyclic) bond motifs is 1. The second-order valence-electron chi connectivity index (χ2n) is 3.27. The molecule has 0 radical (unpaired) electrons. The van der Waals surface area contributed by atoms with Crippen molar-refractivity contribution in [2.45, 2.75) is 13.3 Å². The normalized spacial score (nSPS) is 10.4. The molecule has 0 fully saturated rings. The zero-order valence-corrected chi connectivity index (χ0v) is 7.90. The van der Waals surface area contributed by atoms with Crippen LogP contribution in [0.5, 0.6) is 0 Å². The lowest BCUT2D eigenvalue weighted by molar-refractivity contribution is -0.107. The van der Waals surface area contributed by atoms with Crippen molar-refractivity contribution >= 4 is 17.2 Å². The molecular formula is C11H10N2O. The highest BCUT2D eigenvalue weighted by molar-refractivity contribution is 5.79. The van der Waals surface area contributed by atoms with E-state index in [1.807, 2.05) is 31.2 Å². The maximum atomic E-state index is 10.3. The molecule has 0 amide bonds. The van der Waals surface area contributed by atoms with Crippen LogP contribution in [-0.4, -0.2) is 16.5 Å². The van der Waals surface area contributed by atoms with Gasteiger partial charge in [0.2, 0.25) is 0 Å². The van der Waals surface area contributed by atoms with Crippen LogP contribution < -0.4 is 0 Å². The van der Waals surface area contributed by atoms with Gasteiger partial charge in [-0.05, 0) is 25.1 Å². The molecule has 0 aliphatic rings. The second-order valence-corrected chi connectivity index (χ2v) is 3.27. The highest BCUT2D eigenvalue weighted by Gasteiger charge is 1.99. The fourth-order valence-corrected chi connectivity index (χ4v) is 1.39. The predicted octanol–water partition coefficient (Wildman–Crippen LogP) is 1.68. The predicted molar refractivity (Wildman–Crippen MR) is 54.0 cm³/mol. The number of carbonyl (C=O) groups excluding carboxylic acids is 1. The van der Waals surface area contributed by atoms with Gasteiger partial charge in [-0.2, -0.15) is 10.2 Å². The molecule has 14 heavy (non-hydrogen) atoms. The number of carbonyl (C=O) groups is 1. The summed E-state index contributed by atoms with van der Waals surface area (Å²) >= 11 is 0. The van der Waals surface area contributed by atoms with Crippen LogP contribution in [0.1, 0.15) is 11.3 Å². The molecule has 3 nitrogen and oxygen atoms in total. The highest BCUT2D eigenvalue weighted by atomic mass is 16.1. The highest BCUT2D eigenvalue weighted by Crippen LogP contribution is 2.13. The summed E-state index contributed by atoms with van der Waals surface area (Å²) in [6, 6.07) is 7.88. The summed E-state index contributed by atoms with van der Waals surface area (Å²) in [5.74, 6) is 0. The van der Waals surface area contributed by atoms with Gasteiger partial charge in [0.1, 0.15) is 6.29 Å². The van der Waals surface area contributed by atoms with E-state index in [0.717, 1.165) is 22.9 Å². The summed E-state index contributed by atoms with van der Waals surface area (Å²) in [6.07, 6.45) is 1.17. The number of hydrogen-bond acceptors (Lipinski definition) is 3. The standard InChI is InChI=1S/C11H10N2O/c1-8-2-3-11-9(6-8)7-10(4-5-14)12-13-11/h2-3,5-7H,4H2,1H3. The number of nitrogens with zero attached hydrogens (tertiary/aromatic N) is 2. The van der Waals surface area contributed by atoms with E-state index in [1.165, 1.54) is 5.56 Å². The van der Waals surface area contributed by atoms with Gasteiger partial charge < -0.3 is 4.79 Å². The van der Waals surface area contributed by atoms with E-state index < -0.39 is 0 Å². The van der Waals surface area contributed by atoms with Crippen LogP contribution in [0.15, 0.2) is 24.3 Å². The van der Waals surface area contributed by atoms with Crippen molar-refractivity contribution in [2.24, 2.45) is 0 Å². The first-order valence-corrected chi connectivity index (χ1v) is 4.46. The van der Waals surface area contributed by atoms with Crippen molar-refractivity contribution in [3.8, 4) is 0 Å². The number of aryl methyl sites for hydroxylation is 1. The van der Waals surface area contributed by atoms with Crippen LogP contribution in [0.4, 0.5) is 0 Å². The van der Waals surface area contributed by atoms with E-state index >= 15 is 0 Å². The lowest BCUT2D eigenvalue weighted by atomic mass is 10.1. The van der Waals surface area contributed by atoms with Gasteiger partial charge in [-0.1, -0.05) is 11.6 Å². The van der Waals surface area contributed by atoms with E-state index in [4.69, 9.17) is 0 Å². The summed E-state index contributed by atoms with van der Waals surface area (Å²) < 4.78 is 0. The number of rotatable bonds is 2. The maximum absolute atomic E-state index is 10.3. The quantitative estimate of drug-likeness (QED) is 0.670. The van der Waals surface area contributed by atoms with Crippen molar-refractivity contribution in [1.82, 2.24) is 10.2 Å². The van der Waals surface area contributed by atoms with Gasteiger partial charge in [0.25, 0.3) is 0 Å². The average molecular weight is 186 g/mol. The number of aromatic nitrogens is 2. The Hall–Kier alpha value is -1.77. The third-order valence-electron chi connectivity index (χ3n) is 2.08. The molecule has 0 unspecified atom stereocenters. The van der Waals surface area contributed by atoms with Gasteiger partial charge in [-0.25, -0.2) is 0 Å². The smallest absolute Gasteiger partial charge is 0.126 e. The van der Waals surface area contributed by atoms with Crippen molar-refractivity contribution in [2.75, 3.05) is 0 Å². The summed E-state index contributed by atoms with van der Waals surface area (Å²) in [6.45, 7) is 2.03. The van der Waals surface area contributed by atoms with E-state index in [2.05, 4.69) is 10.2 Å². The third-order valence-corrected chi connectivity index (χ3v) is 2.08. The molecule has 0 saturated carbocycles. The Balaban J connectivity index is 2.57. The van der Waals surface area contributed by atoms with E-state index in [9.17, 15) is 4.79 Å². The van der Waals surface area contributed by atoms with Crippen LogP contribution in [0, 0.1) is 6.92 Å². The van der Waals surface area contributed by atoms with Gasteiger partial charge in [0.15, 0.2) is 0 Å². The fraction of sp³-hybridized carbons (Fsp3) is 0.182. The van der Waals surface area contributed by atoms with Gasteiger partial charge in [0.05, 0.1) is 11.2 Å². The Labute approximate surface area is 81.8 Å². The Morgan fingerprint density at radius 2 is 2.14 bits per heavy atom. The van der Waals surface area contributed by atoms with Gasteiger partial charge in [-0.15, -0.1) is 0 Å². The first-order chi connectivity index (χ1) is 6.79. The Morgan fingerprint density at radius 1 is 1.29 bits per heavy atom. The van der Waals surface area contributed by atoms with Gasteiger partial charge in [-0.3, -0.25) is 0 Å². The van der Waals surface area contributed by atoms with Crippen molar-refractivity contribution in [3.63, 3.8) is 0 Å². The van der Waals surface area contributed by atoms with Gasteiger partial charge >= 0.3 is 0 Å². The number of aldehydes is 1. The minimum atomic E-state index is 0.330. The van der Waals surface area contributed by atoms with E-state index in [-0.39, 0.29) is 0 Å². The number of hydrogen-bond donors (Lipinski definition) is 0. The summed E-state index contributed by atoms with van der Waals surface area (Å²) in [7, 11) is 0. The Kier molecular flexibility index (Phi) is 2.23. The Morgan fingerprint density at radius 3 is 2.93 bits per heavy atom. The third kappa shape index (κ3) is 1.62. The monoisotopic (exact) mass is 186 g/mol. The molecule has 1 heterocycles. The fourth-order valence-electron chi connectivity index (χ4n) is 1.39. The molecule has 2 rings (SSSR count). The number of benzene rings is 1. The molecule has 0 saturated heterocycles. The lowest BCUT2D eigenvalue weighted by Gasteiger charge is -1.99. The summed E-state index contributed by atoms with van der Waals surface area (Å²) in [4.78, 5) is 10.3. The second kappa shape index (κ2) is 3.54. The maximum Gasteiger partial charge on any atom is 0.126 e. The molecule has 0 aliphatic carbocycles. The van der Waals surface area contributed by atoms with E-state index in [1.54, 1.807) is 0 Å².